The Bertz CT molecular complexity index is 464. The van der Waals surface area contributed by atoms with E-state index in [9.17, 15) is 17.6 Å². The smallest absolute Gasteiger partial charge is 0.374 e. The molecule has 7 heteroatoms. The van der Waals surface area contributed by atoms with Gasteiger partial charge in [0.05, 0.1) is 18.3 Å². The second-order valence-electron chi connectivity index (χ2n) is 4.77. The first-order chi connectivity index (χ1) is 9.40. The van der Waals surface area contributed by atoms with Crippen LogP contribution in [0.25, 0.3) is 0 Å². The van der Waals surface area contributed by atoms with Crippen molar-refractivity contribution in [3.05, 3.63) is 35.1 Å². The van der Waals surface area contributed by atoms with Crippen LogP contribution in [0.4, 0.5) is 17.6 Å². The Morgan fingerprint density at radius 2 is 2.10 bits per heavy atom. The van der Waals surface area contributed by atoms with E-state index >= 15 is 0 Å². The lowest BCUT2D eigenvalue weighted by atomic mass is 10.1. The molecule has 1 heterocycles. The molecule has 1 aromatic rings. The van der Waals surface area contributed by atoms with Crippen LogP contribution in [-0.2, 0) is 17.5 Å². The van der Waals surface area contributed by atoms with E-state index in [4.69, 9.17) is 10.5 Å². The van der Waals surface area contributed by atoms with Crippen LogP contribution >= 0.6 is 0 Å². The van der Waals surface area contributed by atoms with Crippen LogP contribution in [0, 0.1) is 5.82 Å². The highest BCUT2D eigenvalue weighted by atomic mass is 19.4. The number of halogens is 4. The molecule has 0 aliphatic carbocycles. The third-order valence-electron chi connectivity index (χ3n) is 3.26. The van der Waals surface area contributed by atoms with Crippen LogP contribution in [0.15, 0.2) is 18.2 Å². The van der Waals surface area contributed by atoms with E-state index < -0.39 is 17.6 Å². The van der Waals surface area contributed by atoms with Gasteiger partial charge in [0.25, 0.3) is 0 Å². The number of morpholine rings is 1. The highest BCUT2D eigenvalue weighted by molar-refractivity contribution is 5.26. The predicted octanol–water partition coefficient (Wildman–Crippen LogP) is 2.00. The van der Waals surface area contributed by atoms with E-state index in [0.717, 1.165) is 6.07 Å². The molecule has 1 aliphatic rings. The molecule has 1 atom stereocenters. The Morgan fingerprint density at radius 3 is 2.70 bits per heavy atom. The Hall–Kier alpha value is -1.18. The number of hydrogen-bond acceptors (Lipinski definition) is 3. The summed E-state index contributed by atoms with van der Waals surface area (Å²) in [5, 5.41) is 0. The van der Waals surface area contributed by atoms with Crippen LogP contribution in [0.1, 0.15) is 11.1 Å². The first kappa shape index (κ1) is 15.2. The number of hydrogen-bond donors (Lipinski definition) is 1. The fraction of sp³-hybridized carbons (Fsp3) is 0.538. The third-order valence-corrected chi connectivity index (χ3v) is 3.26. The van der Waals surface area contributed by atoms with Gasteiger partial charge in [0.2, 0.25) is 0 Å². The van der Waals surface area contributed by atoms with E-state index in [1.54, 1.807) is 0 Å². The monoisotopic (exact) mass is 292 g/mol. The van der Waals surface area contributed by atoms with Gasteiger partial charge in [-0.05, 0) is 12.1 Å². The van der Waals surface area contributed by atoms with Crippen LogP contribution in [-0.4, -0.2) is 37.2 Å². The zero-order valence-corrected chi connectivity index (χ0v) is 10.8. The van der Waals surface area contributed by atoms with Gasteiger partial charge in [-0.15, -0.1) is 0 Å². The van der Waals surface area contributed by atoms with E-state index in [1.165, 1.54) is 6.07 Å². The van der Waals surface area contributed by atoms with Crippen LogP contribution in [0.5, 0.6) is 0 Å². The first-order valence-corrected chi connectivity index (χ1v) is 6.30. The summed E-state index contributed by atoms with van der Waals surface area (Å²) < 4.78 is 56.5. The Labute approximate surface area is 114 Å². The molecule has 0 amide bonds. The van der Waals surface area contributed by atoms with E-state index in [0.29, 0.717) is 32.3 Å². The van der Waals surface area contributed by atoms with E-state index in [-0.39, 0.29) is 18.2 Å². The van der Waals surface area contributed by atoms with E-state index in [1.807, 2.05) is 4.90 Å². The Kier molecular flexibility index (Phi) is 4.62. The topological polar surface area (TPSA) is 38.5 Å². The van der Waals surface area contributed by atoms with Crippen molar-refractivity contribution in [2.24, 2.45) is 5.73 Å². The van der Waals surface area contributed by atoms with Crippen molar-refractivity contribution in [1.82, 2.24) is 4.90 Å². The number of ether oxygens (including phenoxy) is 1. The van der Waals surface area contributed by atoms with Crippen molar-refractivity contribution >= 4 is 0 Å². The SMILES string of the molecule is NCC1CN(Cc2ccc(C(F)(F)F)cc2F)CCO1. The molecule has 112 valence electrons. The highest BCUT2D eigenvalue weighted by Crippen LogP contribution is 2.30. The highest BCUT2D eigenvalue weighted by Gasteiger charge is 2.31. The average Bonchev–Trinajstić information content (AvgIpc) is 2.40. The number of rotatable bonds is 3. The summed E-state index contributed by atoms with van der Waals surface area (Å²) in [6, 6.07) is 2.63. The lowest BCUT2D eigenvalue weighted by Gasteiger charge is -2.32. The van der Waals surface area contributed by atoms with Crippen molar-refractivity contribution in [3.63, 3.8) is 0 Å². The third kappa shape index (κ3) is 3.68. The van der Waals surface area contributed by atoms with Crippen molar-refractivity contribution in [2.45, 2.75) is 18.8 Å². The van der Waals surface area contributed by atoms with Gasteiger partial charge < -0.3 is 10.5 Å². The van der Waals surface area contributed by atoms with Gasteiger partial charge >= 0.3 is 6.18 Å². The van der Waals surface area contributed by atoms with Crippen LogP contribution in [0.2, 0.25) is 0 Å². The van der Waals surface area contributed by atoms with Gasteiger partial charge in [0.1, 0.15) is 5.82 Å². The van der Waals surface area contributed by atoms with Gasteiger partial charge in [0, 0.05) is 31.7 Å². The van der Waals surface area contributed by atoms with E-state index in [2.05, 4.69) is 0 Å². The number of alkyl halides is 3. The van der Waals surface area contributed by atoms with Crippen LogP contribution in [0.3, 0.4) is 0 Å². The molecule has 0 aromatic heterocycles. The first-order valence-electron chi connectivity index (χ1n) is 6.30. The molecule has 1 fully saturated rings. The molecule has 0 spiro atoms. The molecule has 3 nitrogen and oxygen atoms in total. The molecular formula is C13H16F4N2O. The zero-order valence-electron chi connectivity index (χ0n) is 10.8. The molecule has 0 saturated carbocycles. The molecule has 1 saturated heterocycles. The molecular weight excluding hydrogens is 276 g/mol. The molecule has 20 heavy (non-hydrogen) atoms. The summed E-state index contributed by atoms with van der Waals surface area (Å²) in [5.74, 6) is -0.837. The number of nitrogens with two attached hydrogens (primary N) is 1. The maximum atomic E-state index is 13.7. The Balaban J connectivity index is 2.06. The fourth-order valence-electron chi connectivity index (χ4n) is 2.16. The Morgan fingerprint density at radius 1 is 1.35 bits per heavy atom. The minimum Gasteiger partial charge on any atom is -0.374 e. The molecule has 0 radical (unpaired) electrons. The van der Waals surface area contributed by atoms with Gasteiger partial charge in [-0.25, -0.2) is 4.39 Å². The average molecular weight is 292 g/mol. The quantitative estimate of drug-likeness (QED) is 0.866. The number of nitrogens with zero attached hydrogens (tertiary/aromatic N) is 1. The molecule has 1 unspecified atom stereocenters. The summed E-state index contributed by atoms with van der Waals surface area (Å²) in [5.41, 5.74) is 4.78. The second kappa shape index (κ2) is 6.07. The summed E-state index contributed by atoms with van der Waals surface area (Å²) in [6.07, 6.45) is -4.63. The largest absolute Gasteiger partial charge is 0.416 e. The maximum Gasteiger partial charge on any atom is 0.416 e. The maximum absolute atomic E-state index is 13.7. The predicted molar refractivity (Wildman–Crippen MR) is 65.5 cm³/mol. The molecule has 2 N–H and O–H groups in total. The van der Waals surface area contributed by atoms with Gasteiger partial charge in [-0.2, -0.15) is 13.2 Å². The molecule has 2 rings (SSSR count). The fourth-order valence-corrected chi connectivity index (χ4v) is 2.16. The summed E-state index contributed by atoms with van der Waals surface area (Å²) in [6.45, 7) is 2.27. The summed E-state index contributed by atoms with van der Waals surface area (Å²) in [7, 11) is 0. The lowest BCUT2D eigenvalue weighted by molar-refractivity contribution is -0.137. The minimum atomic E-state index is -4.52. The van der Waals surface area contributed by atoms with Gasteiger partial charge in [0.15, 0.2) is 0 Å². The molecule has 1 aromatic carbocycles. The van der Waals surface area contributed by atoms with Crippen molar-refractivity contribution in [3.8, 4) is 0 Å². The van der Waals surface area contributed by atoms with Crippen molar-refractivity contribution in [2.75, 3.05) is 26.2 Å². The zero-order chi connectivity index (χ0) is 14.8. The number of benzene rings is 1. The van der Waals surface area contributed by atoms with Gasteiger partial charge in [-0.3, -0.25) is 4.90 Å². The minimum absolute atomic E-state index is 0.110. The van der Waals surface area contributed by atoms with Crippen LogP contribution < -0.4 is 5.73 Å². The molecule has 0 bridgehead atoms. The second-order valence-corrected chi connectivity index (χ2v) is 4.77. The summed E-state index contributed by atoms with van der Waals surface area (Å²) >= 11 is 0. The summed E-state index contributed by atoms with van der Waals surface area (Å²) in [4.78, 5) is 1.92. The standard InChI is InChI=1S/C13H16F4N2O/c14-12-5-10(13(15,16)17)2-1-9(12)7-19-3-4-20-11(6-18)8-19/h1-2,5,11H,3-4,6-8,18H2. The normalized spacial score (nSPS) is 21.1. The van der Waals surface area contributed by atoms with Crippen molar-refractivity contribution in [1.29, 1.82) is 0 Å². The lowest BCUT2D eigenvalue weighted by Crippen LogP contribution is -2.45. The van der Waals surface area contributed by atoms with Crippen molar-refractivity contribution < 1.29 is 22.3 Å². The molecule has 1 aliphatic heterocycles. The van der Waals surface area contributed by atoms with Gasteiger partial charge in [-0.1, -0.05) is 6.07 Å².